The predicted molar refractivity (Wildman–Crippen MR) is 80.9 cm³/mol. The van der Waals surface area contributed by atoms with Gasteiger partial charge in [-0.25, -0.2) is 4.98 Å². The van der Waals surface area contributed by atoms with E-state index in [-0.39, 0.29) is 0 Å². The lowest BCUT2D eigenvalue weighted by molar-refractivity contribution is 0.328. The Hall–Kier alpha value is -1.59. The van der Waals surface area contributed by atoms with Gasteiger partial charge in [-0.3, -0.25) is 0 Å². The van der Waals surface area contributed by atoms with E-state index in [1.165, 1.54) is 0 Å². The fourth-order valence-electron chi connectivity index (χ4n) is 1.60. The second-order valence-corrected chi connectivity index (χ2v) is 4.91. The number of rotatable bonds is 5. The molecule has 2 rings (SSSR count). The van der Waals surface area contributed by atoms with Crippen molar-refractivity contribution in [3.63, 3.8) is 0 Å². The Balaban J connectivity index is 2.11. The number of aryl methyl sites for hydroxylation is 1. The first-order valence-electron chi connectivity index (χ1n) is 6.02. The summed E-state index contributed by atoms with van der Waals surface area (Å²) < 4.78 is 6.48. The molecule has 0 bridgehead atoms. The second-order valence-electron chi connectivity index (χ2n) is 4.05. The fraction of sp³-hybridized carbons (Fsp3) is 0.214. The van der Waals surface area contributed by atoms with E-state index < -0.39 is 0 Å². The van der Waals surface area contributed by atoms with Crippen molar-refractivity contribution in [3.05, 3.63) is 46.6 Å². The van der Waals surface area contributed by atoms with Gasteiger partial charge in [-0.15, -0.1) is 0 Å². The van der Waals surface area contributed by atoms with Crippen LogP contribution >= 0.6 is 15.9 Å². The van der Waals surface area contributed by atoms with Gasteiger partial charge in [0.2, 0.25) is 0 Å². The summed E-state index contributed by atoms with van der Waals surface area (Å²) in [5.74, 6) is 1.60. The molecular weight excluding hydrogens is 306 g/mol. The first-order valence-corrected chi connectivity index (χ1v) is 6.81. The highest BCUT2D eigenvalue weighted by Crippen LogP contribution is 2.22. The van der Waals surface area contributed by atoms with Crippen LogP contribution in [0.4, 0.5) is 11.5 Å². The largest absolute Gasteiger partial charge is 0.492 e. The second kappa shape index (κ2) is 6.54. The number of aromatic nitrogens is 1. The van der Waals surface area contributed by atoms with Crippen molar-refractivity contribution in [1.29, 1.82) is 0 Å². The summed E-state index contributed by atoms with van der Waals surface area (Å²) in [5.41, 5.74) is 7.29. The van der Waals surface area contributed by atoms with Crippen molar-refractivity contribution in [2.45, 2.75) is 6.92 Å². The van der Waals surface area contributed by atoms with Gasteiger partial charge in [0.05, 0.1) is 5.69 Å². The summed E-state index contributed by atoms with van der Waals surface area (Å²) in [6.45, 7) is 2.97. The molecule has 0 spiro atoms. The van der Waals surface area contributed by atoms with Crippen molar-refractivity contribution >= 4 is 27.4 Å². The molecule has 0 amide bonds. The lowest BCUT2D eigenvalue weighted by Gasteiger charge is -2.09. The number of halogens is 1. The van der Waals surface area contributed by atoms with Crippen LogP contribution in [-0.4, -0.2) is 18.1 Å². The number of ether oxygens (including phenoxy) is 1. The first kappa shape index (κ1) is 13.8. The molecule has 2 aromatic rings. The maximum atomic E-state index is 5.48. The van der Waals surface area contributed by atoms with Crippen LogP contribution in [0.2, 0.25) is 0 Å². The molecule has 0 atom stereocenters. The molecule has 1 aromatic carbocycles. The van der Waals surface area contributed by atoms with Crippen LogP contribution in [0.3, 0.4) is 0 Å². The normalized spacial score (nSPS) is 10.3. The van der Waals surface area contributed by atoms with Gasteiger partial charge in [-0.2, -0.15) is 0 Å². The van der Waals surface area contributed by atoms with Crippen LogP contribution in [0.1, 0.15) is 5.69 Å². The van der Waals surface area contributed by atoms with Crippen LogP contribution < -0.4 is 15.8 Å². The van der Waals surface area contributed by atoms with E-state index in [4.69, 9.17) is 10.5 Å². The van der Waals surface area contributed by atoms with Crippen molar-refractivity contribution in [1.82, 2.24) is 4.98 Å². The van der Waals surface area contributed by atoms with Crippen LogP contribution in [0.15, 0.2) is 40.9 Å². The summed E-state index contributed by atoms with van der Waals surface area (Å²) >= 11 is 3.43. The Bertz CT molecular complexity index is 560. The number of benzene rings is 1. The zero-order valence-electron chi connectivity index (χ0n) is 10.7. The third kappa shape index (κ3) is 3.94. The van der Waals surface area contributed by atoms with E-state index in [2.05, 4.69) is 26.2 Å². The fourth-order valence-corrected chi connectivity index (χ4v) is 1.82. The molecule has 0 aliphatic heterocycles. The maximum Gasteiger partial charge on any atom is 0.130 e. The number of nitrogens with two attached hydrogens (primary N) is 1. The van der Waals surface area contributed by atoms with E-state index in [0.717, 1.165) is 27.4 Å². The molecular formula is C14H16BrN3O. The first-order chi connectivity index (χ1) is 9.19. The summed E-state index contributed by atoms with van der Waals surface area (Å²) in [4.78, 5) is 4.44. The zero-order chi connectivity index (χ0) is 13.7. The molecule has 4 nitrogen and oxygen atoms in total. The van der Waals surface area contributed by atoms with Gasteiger partial charge in [-0.1, -0.05) is 6.07 Å². The topological polar surface area (TPSA) is 60.2 Å². The third-order valence-electron chi connectivity index (χ3n) is 2.51. The average Bonchev–Trinajstić information content (AvgIpc) is 2.41. The van der Waals surface area contributed by atoms with Gasteiger partial charge >= 0.3 is 0 Å². The Morgan fingerprint density at radius 2 is 2.16 bits per heavy atom. The SMILES string of the molecule is Cc1nc(Nc2cccc(OCCN)c2)ccc1Br. The Labute approximate surface area is 121 Å². The van der Waals surface area contributed by atoms with Crippen LogP contribution in [0.5, 0.6) is 5.75 Å². The van der Waals surface area contributed by atoms with Crippen molar-refractivity contribution in [2.75, 3.05) is 18.5 Å². The van der Waals surface area contributed by atoms with E-state index >= 15 is 0 Å². The van der Waals surface area contributed by atoms with Gasteiger partial charge in [0.1, 0.15) is 18.2 Å². The van der Waals surface area contributed by atoms with Crippen LogP contribution in [-0.2, 0) is 0 Å². The summed E-state index contributed by atoms with van der Waals surface area (Å²) in [6, 6.07) is 11.6. The molecule has 0 aliphatic rings. The molecule has 0 radical (unpaired) electrons. The number of hydrogen-bond donors (Lipinski definition) is 2. The number of anilines is 2. The van der Waals surface area contributed by atoms with Crippen LogP contribution in [0, 0.1) is 6.92 Å². The molecule has 0 saturated heterocycles. The number of hydrogen-bond acceptors (Lipinski definition) is 4. The lowest BCUT2D eigenvalue weighted by atomic mass is 10.3. The van der Waals surface area contributed by atoms with Gasteiger partial charge in [-0.05, 0) is 47.1 Å². The minimum absolute atomic E-state index is 0.505. The number of nitrogens with one attached hydrogen (secondary N) is 1. The summed E-state index contributed by atoms with van der Waals surface area (Å²) in [5, 5.41) is 3.25. The highest BCUT2D eigenvalue weighted by Gasteiger charge is 2.01. The molecule has 19 heavy (non-hydrogen) atoms. The molecule has 0 unspecified atom stereocenters. The minimum Gasteiger partial charge on any atom is -0.492 e. The Morgan fingerprint density at radius 3 is 2.89 bits per heavy atom. The molecule has 0 saturated carbocycles. The van der Waals surface area contributed by atoms with E-state index in [1.807, 2.05) is 43.3 Å². The maximum absolute atomic E-state index is 5.48. The zero-order valence-corrected chi connectivity index (χ0v) is 12.3. The summed E-state index contributed by atoms with van der Waals surface area (Å²) in [7, 11) is 0. The quantitative estimate of drug-likeness (QED) is 0.887. The molecule has 0 aliphatic carbocycles. The highest BCUT2D eigenvalue weighted by atomic mass is 79.9. The van der Waals surface area contributed by atoms with Gasteiger partial charge in [0.15, 0.2) is 0 Å². The molecule has 3 N–H and O–H groups in total. The molecule has 1 aromatic heterocycles. The Kier molecular flexibility index (Phi) is 4.76. The van der Waals surface area contributed by atoms with Crippen molar-refractivity contribution < 1.29 is 4.74 Å². The third-order valence-corrected chi connectivity index (χ3v) is 3.35. The van der Waals surface area contributed by atoms with Crippen molar-refractivity contribution in [3.8, 4) is 5.75 Å². The number of pyridine rings is 1. The Morgan fingerprint density at radius 1 is 1.32 bits per heavy atom. The molecule has 100 valence electrons. The van der Waals surface area contributed by atoms with E-state index in [1.54, 1.807) is 0 Å². The monoisotopic (exact) mass is 321 g/mol. The van der Waals surface area contributed by atoms with E-state index in [0.29, 0.717) is 13.2 Å². The average molecular weight is 322 g/mol. The predicted octanol–water partition coefficient (Wildman–Crippen LogP) is 3.23. The molecule has 0 fully saturated rings. The van der Waals surface area contributed by atoms with Gasteiger partial charge in [0.25, 0.3) is 0 Å². The van der Waals surface area contributed by atoms with Crippen molar-refractivity contribution in [2.24, 2.45) is 5.73 Å². The molecule has 1 heterocycles. The van der Waals surface area contributed by atoms with E-state index in [9.17, 15) is 0 Å². The van der Waals surface area contributed by atoms with Gasteiger partial charge in [0, 0.05) is 22.8 Å². The summed E-state index contributed by atoms with van der Waals surface area (Å²) in [6.07, 6.45) is 0. The minimum atomic E-state index is 0.505. The number of nitrogens with zero attached hydrogens (tertiary/aromatic N) is 1. The van der Waals surface area contributed by atoms with Gasteiger partial charge < -0.3 is 15.8 Å². The molecule has 5 heteroatoms. The standard InChI is InChI=1S/C14H16BrN3O/c1-10-13(15)5-6-14(17-10)18-11-3-2-4-12(9-11)19-8-7-16/h2-6,9H,7-8,16H2,1H3,(H,17,18). The van der Waals surface area contributed by atoms with Crippen LogP contribution in [0.25, 0.3) is 0 Å². The highest BCUT2D eigenvalue weighted by molar-refractivity contribution is 9.10. The lowest BCUT2D eigenvalue weighted by Crippen LogP contribution is -2.10. The smallest absolute Gasteiger partial charge is 0.130 e.